The molecule has 0 amide bonds. The van der Waals surface area contributed by atoms with Gasteiger partial charge in [-0.05, 0) is 17.2 Å². The molecule has 0 unspecified atom stereocenters. The summed E-state index contributed by atoms with van der Waals surface area (Å²) < 4.78 is 1.76. The molecular formula is C15H17N5. The van der Waals surface area contributed by atoms with Crippen molar-refractivity contribution in [2.24, 2.45) is 5.73 Å². The predicted octanol–water partition coefficient (Wildman–Crippen LogP) is 1.82. The molecule has 102 valence electrons. The van der Waals surface area contributed by atoms with Crippen LogP contribution >= 0.6 is 0 Å². The van der Waals surface area contributed by atoms with Gasteiger partial charge in [0.15, 0.2) is 5.65 Å². The van der Waals surface area contributed by atoms with Crippen molar-refractivity contribution in [2.75, 3.05) is 11.9 Å². The van der Waals surface area contributed by atoms with E-state index in [1.807, 2.05) is 37.5 Å². The number of anilines is 1. The third-order valence-electron chi connectivity index (χ3n) is 3.28. The number of aromatic nitrogens is 3. The molecule has 2 N–H and O–H groups in total. The highest BCUT2D eigenvalue weighted by atomic mass is 15.3. The zero-order valence-corrected chi connectivity index (χ0v) is 11.4. The summed E-state index contributed by atoms with van der Waals surface area (Å²) in [7, 11) is 2.03. The van der Waals surface area contributed by atoms with Crippen LogP contribution in [-0.4, -0.2) is 21.6 Å². The summed E-state index contributed by atoms with van der Waals surface area (Å²) >= 11 is 0. The summed E-state index contributed by atoms with van der Waals surface area (Å²) in [4.78, 5) is 6.69. The van der Waals surface area contributed by atoms with E-state index in [1.54, 1.807) is 10.7 Å². The van der Waals surface area contributed by atoms with E-state index < -0.39 is 0 Å². The van der Waals surface area contributed by atoms with Crippen molar-refractivity contribution in [2.45, 2.75) is 13.1 Å². The Labute approximate surface area is 117 Å². The summed E-state index contributed by atoms with van der Waals surface area (Å²) in [6.45, 7) is 1.36. The van der Waals surface area contributed by atoms with Gasteiger partial charge < -0.3 is 10.6 Å². The maximum Gasteiger partial charge on any atom is 0.157 e. The molecule has 5 heteroatoms. The van der Waals surface area contributed by atoms with Crippen LogP contribution in [0.25, 0.3) is 5.65 Å². The lowest BCUT2D eigenvalue weighted by atomic mass is 10.1. The van der Waals surface area contributed by atoms with Crippen LogP contribution in [0.2, 0.25) is 0 Å². The van der Waals surface area contributed by atoms with E-state index in [4.69, 9.17) is 5.73 Å². The molecule has 0 aliphatic rings. The van der Waals surface area contributed by atoms with Gasteiger partial charge >= 0.3 is 0 Å². The largest absolute Gasteiger partial charge is 0.355 e. The number of rotatable bonds is 4. The predicted molar refractivity (Wildman–Crippen MR) is 79.4 cm³/mol. The van der Waals surface area contributed by atoms with Crippen LogP contribution in [0.5, 0.6) is 0 Å². The fourth-order valence-corrected chi connectivity index (χ4v) is 2.23. The van der Waals surface area contributed by atoms with Gasteiger partial charge in [-0.25, -0.2) is 9.50 Å². The van der Waals surface area contributed by atoms with Crippen molar-refractivity contribution in [3.8, 4) is 0 Å². The Kier molecular flexibility index (Phi) is 3.35. The lowest BCUT2D eigenvalue weighted by molar-refractivity contribution is 0.874. The molecule has 0 saturated carbocycles. The van der Waals surface area contributed by atoms with Gasteiger partial charge in [-0.2, -0.15) is 5.10 Å². The first-order valence-electron chi connectivity index (χ1n) is 6.56. The minimum absolute atomic E-state index is 0.567. The molecule has 1 aromatic carbocycles. The molecule has 20 heavy (non-hydrogen) atoms. The minimum atomic E-state index is 0.567. The Hall–Kier alpha value is -2.40. The highest BCUT2D eigenvalue weighted by Crippen LogP contribution is 2.14. The van der Waals surface area contributed by atoms with E-state index in [2.05, 4.69) is 27.1 Å². The van der Waals surface area contributed by atoms with Crippen LogP contribution in [0.1, 0.15) is 11.1 Å². The third-order valence-corrected chi connectivity index (χ3v) is 3.28. The van der Waals surface area contributed by atoms with E-state index >= 15 is 0 Å². The Bertz CT molecular complexity index is 719. The zero-order valence-electron chi connectivity index (χ0n) is 11.4. The Morgan fingerprint density at radius 1 is 1.20 bits per heavy atom. The van der Waals surface area contributed by atoms with Gasteiger partial charge in [0.05, 0.1) is 6.20 Å². The maximum atomic E-state index is 5.68. The van der Waals surface area contributed by atoms with Gasteiger partial charge in [0.1, 0.15) is 5.82 Å². The van der Waals surface area contributed by atoms with E-state index in [1.165, 1.54) is 5.56 Å². The Balaban J connectivity index is 1.82. The molecule has 3 aromatic rings. The van der Waals surface area contributed by atoms with Crippen molar-refractivity contribution in [1.29, 1.82) is 0 Å². The smallest absolute Gasteiger partial charge is 0.157 e. The minimum Gasteiger partial charge on any atom is -0.355 e. The number of benzene rings is 1. The second-order valence-electron chi connectivity index (χ2n) is 4.80. The molecule has 0 saturated heterocycles. The van der Waals surface area contributed by atoms with Crippen LogP contribution in [0.3, 0.4) is 0 Å². The van der Waals surface area contributed by atoms with Gasteiger partial charge in [0.25, 0.3) is 0 Å². The zero-order chi connectivity index (χ0) is 13.9. The van der Waals surface area contributed by atoms with E-state index in [9.17, 15) is 0 Å². The first-order chi connectivity index (χ1) is 9.76. The van der Waals surface area contributed by atoms with Gasteiger partial charge in [-0.3, -0.25) is 0 Å². The molecule has 3 rings (SSSR count). The lowest BCUT2D eigenvalue weighted by Gasteiger charge is -2.18. The van der Waals surface area contributed by atoms with Crippen molar-refractivity contribution < 1.29 is 0 Å². The third kappa shape index (κ3) is 2.48. The molecule has 2 aromatic heterocycles. The van der Waals surface area contributed by atoms with Crippen LogP contribution < -0.4 is 10.6 Å². The van der Waals surface area contributed by atoms with Crippen molar-refractivity contribution in [3.05, 3.63) is 59.9 Å². The van der Waals surface area contributed by atoms with Gasteiger partial charge in [-0.15, -0.1) is 0 Å². The average Bonchev–Trinajstić information content (AvgIpc) is 2.94. The fraction of sp³-hybridized carbons (Fsp3) is 0.200. The van der Waals surface area contributed by atoms with Crippen LogP contribution in [-0.2, 0) is 13.1 Å². The number of hydrogen-bond donors (Lipinski definition) is 1. The molecule has 2 heterocycles. The second-order valence-corrected chi connectivity index (χ2v) is 4.80. The second kappa shape index (κ2) is 5.30. The normalized spacial score (nSPS) is 10.9. The van der Waals surface area contributed by atoms with Gasteiger partial charge in [0.2, 0.25) is 0 Å². The average molecular weight is 267 g/mol. The quantitative estimate of drug-likeness (QED) is 0.783. The summed E-state index contributed by atoms with van der Waals surface area (Å²) in [5.41, 5.74) is 8.90. The Morgan fingerprint density at radius 3 is 2.90 bits per heavy atom. The SMILES string of the molecule is CN(Cc1cccc(CN)c1)c1ccn2nccc2n1. The highest BCUT2D eigenvalue weighted by molar-refractivity contribution is 5.47. The summed E-state index contributed by atoms with van der Waals surface area (Å²) in [5, 5.41) is 4.15. The molecule has 0 fully saturated rings. The van der Waals surface area contributed by atoms with Gasteiger partial charge in [0, 0.05) is 32.4 Å². The molecule has 0 aliphatic heterocycles. The first-order valence-corrected chi connectivity index (χ1v) is 6.56. The van der Waals surface area contributed by atoms with Crippen molar-refractivity contribution >= 4 is 11.5 Å². The topological polar surface area (TPSA) is 59.5 Å². The standard InChI is InChI=1S/C15H17N5/c1-19(11-13-4-2-3-12(9-13)10-16)14-6-8-20-15(18-14)5-7-17-20/h2-9H,10-11,16H2,1H3. The molecular weight excluding hydrogens is 250 g/mol. The van der Waals surface area contributed by atoms with Crippen molar-refractivity contribution in [1.82, 2.24) is 14.6 Å². The van der Waals surface area contributed by atoms with E-state index in [0.717, 1.165) is 23.6 Å². The molecule has 0 bridgehead atoms. The first kappa shape index (κ1) is 12.6. The Morgan fingerprint density at radius 2 is 2.05 bits per heavy atom. The number of hydrogen-bond acceptors (Lipinski definition) is 4. The van der Waals surface area contributed by atoms with Crippen LogP contribution in [0, 0.1) is 0 Å². The number of nitrogens with zero attached hydrogens (tertiary/aromatic N) is 4. The molecule has 0 aliphatic carbocycles. The summed E-state index contributed by atoms with van der Waals surface area (Å²) in [6, 6.07) is 12.2. The van der Waals surface area contributed by atoms with Crippen LogP contribution in [0.4, 0.5) is 5.82 Å². The lowest BCUT2D eigenvalue weighted by Crippen LogP contribution is -2.18. The summed E-state index contributed by atoms with van der Waals surface area (Å²) in [6.07, 6.45) is 3.67. The highest BCUT2D eigenvalue weighted by Gasteiger charge is 2.05. The molecule has 0 spiro atoms. The van der Waals surface area contributed by atoms with E-state index in [-0.39, 0.29) is 0 Å². The van der Waals surface area contributed by atoms with Gasteiger partial charge in [-0.1, -0.05) is 24.3 Å². The number of fused-ring (bicyclic) bond motifs is 1. The monoisotopic (exact) mass is 267 g/mol. The number of nitrogens with two attached hydrogens (primary N) is 1. The molecule has 0 atom stereocenters. The molecule has 0 radical (unpaired) electrons. The van der Waals surface area contributed by atoms with Crippen molar-refractivity contribution in [3.63, 3.8) is 0 Å². The maximum absolute atomic E-state index is 5.68. The summed E-state index contributed by atoms with van der Waals surface area (Å²) in [5.74, 6) is 0.927. The van der Waals surface area contributed by atoms with Crippen LogP contribution in [0.15, 0.2) is 48.8 Å². The fourth-order valence-electron chi connectivity index (χ4n) is 2.23. The van der Waals surface area contributed by atoms with E-state index in [0.29, 0.717) is 6.54 Å². The molecule has 5 nitrogen and oxygen atoms in total.